The molecule has 0 saturated carbocycles. The number of carboxylic acid groups (broad SMARTS) is 1. The van der Waals surface area contributed by atoms with Crippen LogP contribution in [0, 0.1) is 0 Å². The maximum Gasteiger partial charge on any atom is 0.573 e. The van der Waals surface area contributed by atoms with Crippen LogP contribution in [0.25, 0.3) is 0 Å². The van der Waals surface area contributed by atoms with Crippen molar-refractivity contribution < 1.29 is 60.1 Å². The summed E-state index contributed by atoms with van der Waals surface area (Å²) in [6.07, 6.45) is -6.95. The Bertz CT molecular complexity index is 1380. The van der Waals surface area contributed by atoms with Crippen LogP contribution in [0.4, 0.5) is 42.5 Å². The number of anilines is 2. The summed E-state index contributed by atoms with van der Waals surface area (Å²) >= 11 is 0. The number of benzene rings is 1. The topological polar surface area (TPSA) is 142 Å². The monoisotopic (exact) mass is 649 g/mol. The van der Waals surface area contributed by atoms with E-state index in [1.165, 1.54) is 11.0 Å². The molecule has 2 saturated heterocycles. The lowest BCUT2D eigenvalue weighted by atomic mass is 10.0. The third-order valence-electron chi connectivity index (χ3n) is 6.64. The SMILES string of the molecule is CC1(C)C(=O)N(c2ccc(OC(F)(F)F)c(NC(=O)CCN3CCOCC3)c2)C(=O)N1Cc1ccncc1.O=C(O)C(F)(F)F. The standard InChI is InChI=1S/C25H28F3N5O5.C2HF3O2/c1-24(2)22(35)33(23(36)32(24)16-17-5-8-29-9-6-17)18-3-4-20(38-25(26,27)28)19(15-18)30-21(34)7-10-31-11-13-37-14-12-31;3-2(4,5)1(6)7/h3-6,8-9,15H,7,10-14,16H2,1-2H3,(H,30,34);(H,6,7). The molecular formula is C27H29F6N5O7. The summed E-state index contributed by atoms with van der Waals surface area (Å²) < 4.78 is 80.3. The molecule has 4 amide bonds. The van der Waals surface area contributed by atoms with Crippen molar-refractivity contribution in [1.29, 1.82) is 0 Å². The molecule has 0 spiro atoms. The van der Waals surface area contributed by atoms with Crippen LogP contribution in [-0.4, -0.2) is 94.6 Å². The van der Waals surface area contributed by atoms with E-state index in [0.29, 0.717) is 32.8 Å². The highest BCUT2D eigenvalue weighted by Gasteiger charge is 2.52. The van der Waals surface area contributed by atoms with Gasteiger partial charge in [0.1, 0.15) is 5.54 Å². The van der Waals surface area contributed by atoms with Gasteiger partial charge in [0.25, 0.3) is 5.91 Å². The first-order valence-electron chi connectivity index (χ1n) is 13.2. The number of aliphatic carboxylic acids is 1. The van der Waals surface area contributed by atoms with E-state index >= 15 is 0 Å². The van der Waals surface area contributed by atoms with Gasteiger partial charge in [-0.05, 0) is 49.7 Å². The van der Waals surface area contributed by atoms with E-state index < -0.39 is 47.6 Å². The Kier molecular flexibility index (Phi) is 11.0. The third kappa shape index (κ3) is 9.52. The number of nitrogens with one attached hydrogen (secondary N) is 1. The number of ether oxygens (including phenoxy) is 2. The molecule has 1 aromatic heterocycles. The van der Waals surface area contributed by atoms with Crippen molar-refractivity contribution in [3.8, 4) is 5.75 Å². The lowest BCUT2D eigenvalue weighted by Gasteiger charge is -2.27. The molecule has 12 nitrogen and oxygen atoms in total. The van der Waals surface area contributed by atoms with E-state index in [-0.39, 0.29) is 24.3 Å². The molecule has 2 aliphatic heterocycles. The van der Waals surface area contributed by atoms with Gasteiger partial charge in [-0.2, -0.15) is 13.2 Å². The fourth-order valence-corrected chi connectivity index (χ4v) is 4.27. The predicted molar refractivity (Wildman–Crippen MR) is 144 cm³/mol. The van der Waals surface area contributed by atoms with Crippen LogP contribution < -0.4 is 15.0 Å². The van der Waals surface area contributed by atoms with Crippen LogP contribution in [0.15, 0.2) is 42.7 Å². The number of morpholine rings is 1. The molecule has 0 atom stereocenters. The molecule has 45 heavy (non-hydrogen) atoms. The summed E-state index contributed by atoms with van der Waals surface area (Å²) in [4.78, 5) is 56.4. The Labute approximate surface area is 252 Å². The molecule has 0 unspecified atom stereocenters. The zero-order valence-electron chi connectivity index (χ0n) is 23.9. The average Bonchev–Trinajstić information content (AvgIpc) is 3.12. The molecule has 4 rings (SSSR count). The van der Waals surface area contributed by atoms with Gasteiger partial charge < -0.3 is 24.8 Å². The lowest BCUT2D eigenvalue weighted by molar-refractivity contribution is -0.274. The van der Waals surface area contributed by atoms with Gasteiger partial charge in [0, 0.05) is 45.0 Å². The number of carbonyl (C=O) groups is 4. The Morgan fingerprint density at radius 3 is 2.20 bits per heavy atom. The minimum Gasteiger partial charge on any atom is -0.475 e. The molecule has 0 aliphatic carbocycles. The Balaban J connectivity index is 0.000000707. The van der Waals surface area contributed by atoms with E-state index in [4.69, 9.17) is 14.6 Å². The molecule has 246 valence electrons. The first-order chi connectivity index (χ1) is 20.9. The minimum atomic E-state index is -5.08. The van der Waals surface area contributed by atoms with Crippen molar-refractivity contribution in [2.24, 2.45) is 0 Å². The summed E-state index contributed by atoms with van der Waals surface area (Å²) in [6.45, 7) is 6.07. The first-order valence-corrected chi connectivity index (χ1v) is 13.2. The van der Waals surface area contributed by atoms with Gasteiger partial charge in [0.05, 0.1) is 24.6 Å². The van der Waals surface area contributed by atoms with Gasteiger partial charge in [-0.3, -0.25) is 19.5 Å². The van der Waals surface area contributed by atoms with Gasteiger partial charge in [-0.1, -0.05) is 0 Å². The highest BCUT2D eigenvalue weighted by atomic mass is 19.4. The Hall–Kier alpha value is -4.45. The number of rotatable bonds is 8. The lowest BCUT2D eigenvalue weighted by Crippen LogP contribution is -2.43. The molecule has 1 aromatic carbocycles. The average molecular weight is 650 g/mol. The third-order valence-corrected chi connectivity index (χ3v) is 6.64. The molecule has 2 aliphatic rings. The van der Waals surface area contributed by atoms with E-state index in [2.05, 4.69) is 15.0 Å². The van der Waals surface area contributed by atoms with Gasteiger partial charge in [-0.25, -0.2) is 14.5 Å². The van der Waals surface area contributed by atoms with Gasteiger partial charge in [-0.15, -0.1) is 13.2 Å². The molecule has 2 N–H and O–H groups in total. The minimum absolute atomic E-state index is 0.00306. The number of hydrogen-bond donors (Lipinski definition) is 2. The van der Waals surface area contributed by atoms with Gasteiger partial charge >= 0.3 is 24.5 Å². The van der Waals surface area contributed by atoms with Gasteiger partial charge in [0.15, 0.2) is 5.75 Å². The number of carbonyl (C=O) groups excluding carboxylic acids is 3. The van der Waals surface area contributed by atoms with E-state index in [9.17, 15) is 40.7 Å². The molecule has 18 heteroatoms. The summed E-state index contributed by atoms with van der Waals surface area (Å²) in [7, 11) is 0. The molecule has 3 heterocycles. The number of halogens is 6. The van der Waals surface area contributed by atoms with Crippen molar-refractivity contribution in [3.05, 3.63) is 48.3 Å². The number of pyridine rings is 1. The molecule has 0 bridgehead atoms. The number of urea groups is 1. The second kappa shape index (κ2) is 14.1. The number of imide groups is 1. The van der Waals surface area contributed by atoms with Crippen LogP contribution >= 0.6 is 0 Å². The first kappa shape index (κ1) is 35.0. The van der Waals surface area contributed by atoms with Crippen LogP contribution in [0.1, 0.15) is 25.8 Å². The molecule has 2 aromatic rings. The second-order valence-corrected chi connectivity index (χ2v) is 10.2. The summed E-state index contributed by atoms with van der Waals surface area (Å²) in [5, 5.41) is 9.57. The van der Waals surface area contributed by atoms with Gasteiger partial charge in [0.2, 0.25) is 5.91 Å². The quantitative estimate of drug-likeness (QED) is 0.321. The van der Waals surface area contributed by atoms with Crippen molar-refractivity contribution in [2.75, 3.05) is 43.1 Å². The number of carboxylic acids is 1. The summed E-state index contributed by atoms with van der Waals surface area (Å²) in [5.74, 6) is -4.52. The zero-order valence-corrected chi connectivity index (χ0v) is 23.9. The van der Waals surface area contributed by atoms with Crippen molar-refractivity contribution >= 4 is 35.2 Å². The fraction of sp³-hybridized carbons (Fsp3) is 0.444. The second-order valence-electron chi connectivity index (χ2n) is 10.2. The smallest absolute Gasteiger partial charge is 0.475 e. The maximum absolute atomic E-state index is 13.4. The molecule has 0 radical (unpaired) electrons. The van der Waals surface area contributed by atoms with Crippen LogP contribution in [0.2, 0.25) is 0 Å². The van der Waals surface area contributed by atoms with Crippen LogP contribution in [0.3, 0.4) is 0 Å². The normalized spacial score (nSPS) is 17.1. The summed E-state index contributed by atoms with van der Waals surface area (Å²) in [5.41, 5.74) is -0.789. The Morgan fingerprint density at radius 2 is 1.64 bits per heavy atom. The van der Waals surface area contributed by atoms with Crippen molar-refractivity contribution in [2.45, 2.75) is 44.9 Å². The predicted octanol–water partition coefficient (Wildman–Crippen LogP) is 4.02. The number of aromatic nitrogens is 1. The number of amides is 4. The Morgan fingerprint density at radius 1 is 1.04 bits per heavy atom. The summed E-state index contributed by atoms with van der Waals surface area (Å²) in [6, 6.07) is 6.06. The number of hydrogen-bond acceptors (Lipinski definition) is 8. The van der Waals surface area contributed by atoms with E-state index in [0.717, 1.165) is 22.6 Å². The highest BCUT2D eigenvalue weighted by Crippen LogP contribution is 2.38. The van der Waals surface area contributed by atoms with Crippen LogP contribution in [0.5, 0.6) is 5.75 Å². The zero-order chi connectivity index (χ0) is 33.6. The molecular weight excluding hydrogens is 620 g/mol. The van der Waals surface area contributed by atoms with Crippen molar-refractivity contribution in [3.63, 3.8) is 0 Å². The van der Waals surface area contributed by atoms with E-state index in [1.54, 1.807) is 38.4 Å². The number of nitrogens with zero attached hydrogens (tertiary/aromatic N) is 4. The highest BCUT2D eigenvalue weighted by molar-refractivity contribution is 6.23. The van der Waals surface area contributed by atoms with E-state index in [1.807, 2.05) is 4.90 Å². The molecule has 2 fully saturated rings. The number of alkyl halides is 6. The maximum atomic E-state index is 13.4. The van der Waals surface area contributed by atoms with Crippen LogP contribution in [-0.2, 0) is 25.7 Å². The fourth-order valence-electron chi connectivity index (χ4n) is 4.27. The van der Waals surface area contributed by atoms with Crippen molar-refractivity contribution in [1.82, 2.24) is 14.8 Å². The largest absolute Gasteiger partial charge is 0.573 e.